The number of piperidine rings is 1. The lowest BCUT2D eigenvalue weighted by Crippen LogP contribution is -2.52. The molecule has 2 N–H and O–H groups in total. The Bertz CT molecular complexity index is 263. The minimum atomic E-state index is 0.148. The molecule has 0 radical (unpaired) electrons. The molecule has 1 rings (SSSR count). The van der Waals surface area contributed by atoms with E-state index < -0.39 is 0 Å². The highest BCUT2D eigenvalue weighted by molar-refractivity contribution is 8.01. The molecule has 0 aromatic carbocycles. The van der Waals surface area contributed by atoms with Gasteiger partial charge in [0.15, 0.2) is 0 Å². The van der Waals surface area contributed by atoms with Gasteiger partial charge in [0, 0.05) is 23.9 Å². The molecule has 0 spiro atoms. The normalized spacial score (nSPS) is 26.1. The van der Waals surface area contributed by atoms with Crippen LogP contribution in [0.2, 0.25) is 0 Å². The number of carbonyl (C=O) groups excluding carboxylic acids is 1. The van der Waals surface area contributed by atoms with Crippen molar-refractivity contribution >= 4 is 17.7 Å². The monoisotopic (exact) mass is 258 g/mol. The van der Waals surface area contributed by atoms with Crippen molar-refractivity contribution < 1.29 is 4.79 Å². The third kappa shape index (κ3) is 4.51. The largest absolute Gasteiger partial charge is 0.337 e. The average molecular weight is 258 g/mol. The summed E-state index contributed by atoms with van der Waals surface area (Å²) in [4.78, 5) is 14.2. The molecule has 100 valence electrons. The van der Waals surface area contributed by atoms with E-state index in [2.05, 4.69) is 27.7 Å². The number of rotatable bonds is 3. The van der Waals surface area contributed by atoms with E-state index in [9.17, 15) is 4.79 Å². The van der Waals surface area contributed by atoms with Gasteiger partial charge >= 0.3 is 0 Å². The van der Waals surface area contributed by atoms with Gasteiger partial charge < -0.3 is 10.6 Å². The first-order valence-corrected chi connectivity index (χ1v) is 7.47. The first kappa shape index (κ1) is 14.8. The van der Waals surface area contributed by atoms with Gasteiger partial charge in [-0.3, -0.25) is 4.79 Å². The molecular formula is C13H26N2OS. The summed E-state index contributed by atoms with van der Waals surface area (Å²) in [6.45, 7) is 10.1. The van der Waals surface area contributed by atoms with Crippen molar-refractivity contribution in [3.05, 3.63) is 0 Å². The lowest BCUT2D eigenvalue weighted by atomic mass is 9.91. The van der Waals surface area contributed by atoms with Gasteiger partial charge in [0.1, 0.15) is 0 Å². The van der Waals surface area contributed by atoms with E-state index in [1.165, 1.54) is 6.42 Å². The minimum Gasteiger partial charge on any atom is -0.337 e. The Kier molecular flexibility index (Phi) is 5.32. The van der Waals surface area contributed by atoms with Gasteiger partial charge in [0.2, 0.25) is 5.91 Å². The van der Waals surface area contributed by atoms with Crippen molar-refractivity contribution in [2.45, 2.75) is 51.3 Å². The third-order valence-corrected chi connectivity index (χ3v) is 4.56. The fourth-order valence-corrected chi connectivity index (χ4v) is 3.00. The van der Waals surface area contributed by atoms with E-state index in [4.69, 9.17) is 5.73 Å². The van der Waals surface area contributed by atoms with E-state index in [1.807, 2.05) is 4.90 Å². The molecule has 2 atom stereocenters. The van der Waals surface area contributed by atoms with Crippen LogP contribution in [-0.2, 0) is 4.79 Å². The molecule has 1 aliphatic rings. The summed E-state index contributed by atoms with van der Waals surface area (Å²) in [6.07, 6.45) is 2.31. The van der Waals surface area contributed by atoms with Gasteiger partial charge in [0.05, 0.1) is 5.75 Å². The molecule has 0 saturated carbocycles. The summed E-state index contributed by atoms with van der Waals surface area (Å²) in [5.41, 5.74) is 5.80. The van der Waals surface area contributed by atoms with Crippen LogP contribution in [0.3, 0.4) is 0 Å². The zero-order valence-electron chi connectivity index (χ0n) is 11.5. The first-order valence-electron chi connectivity index (χ1n) is 6.48. The number of hydrogen-bond acceptors (Lipinski definition) is 3. The number of thioether (sulfide) groups is 1. The maximum Gasteiger partial charge on any atom is 0.232 e. The van der Waals surface area contributed by atoms with Crippen LogP contribution in [0, 0.1) is 5.92 Å². The van der Waals surface area contributed by atoms with Gasteiger partial charge in [-0.2, -0.15) is 0 Å². The van der Waals surface area contributed by atoms with Crippen LogP contribution >= 0.6 is 11.8 Å². The number of carbonyl (C=O) groups is 1. The second kappa shape index (κ2) is 6.10. The maximum atomic E-state index is 12.2. The van der Waals surface area contributed by atoms with Crippen LogP contribution in [0.1, 0.15) is 40.5 Å². The number of hydrogen-bond donors (Lipinski definition) is 1. The Labute approximate surface area is 109 Å². The van der Waals surface area contributed by atoms with Crippen molar-refractivity contribution in [1.82, 2.24) is 4.90 Å². The van der Waals surface area contributed by atoms with Crippen LogP contribution in [0.25, 0.3) is 0 Å². The van der Waals surface area contributed by atoms with Crippen molar-refractivity contribution in [2.24, 2.45) is 11.7 Å². The fraction of sp³-hybridized carbons (Fsp3) is 0.923. The second-order valence-electron chi connectivity index (χ2n) is 5.91. The van der Waals surface area contributed by atoms with Gasteiger partial charge in [0.25, 0.3) is 0 Å². The molecule has 0 aliphatic carbocycles. The highest BCUT2D eigenvalue weighted by atomic mass is 32.2. The third-order valence-electron chi connectivity index (χ3n) is 3.31. The Morgan fingerprint density at radius 3 is 2.65 bits per heavy atom. The lowest BCUT2D eigenvalue weighted by molar-refractivity contribution is -0.133. The van der Waals surface area contributed by atoms with E-state index in [-0.39, 0.29) is 16.7 Å². The predicted molar refractivity (Wildman–Crippen MR) is 75.2 cm³/mol. The first-order chi connectivity index (χ1) is 7.85. The van der Waals surface area contributed by atoms with E-state index in [1.54, 1.807) is 11.8 Å². The molecule has 3 nitrogen and oxygen atoms in total. The Balaban J connectivity index is 2.54. The van der Waals surface area contributed by atoms with Crippen molar-refractivity contribution in [1.29, 1.82) is 0 Å². The molecule has 0 aromatic rings. The Hall–Kier alpha value is -0.220. The second-order valence-corrected chi connectivity index (χ2v) is 7.71. The van der Waals surface area contributed by atoms with E-state index >= 15 is 0 Å². The molecule has 2 unspecified atom stereocenters. The quantitative estimate of drug-likeness (QED) is 0.843. The SMILES string of the molecule is CC1CCCN(C(=O)CSC(C)(C)C)C1CN. The van der Waals surface area contributed by atoms with Crippen LogP contribution < -0.4 is 5.73 Å². The number of nitrogens with two attached hydrogens (primary N) is 1. The zero-order chi connectivity index (χ0) is 13.1. The standard InChI is InChI=1S/C13H26N2OS/c1-10-6-5-7-15(11(10)8-14)12(16)9-17-13(2,3)4/h10-11H,5-9,14H2,1-4H3. The highest BCUT2D eigenvalue weighted by Crippen LogP contribution is 2.26. The summed E-state index contributed by atoms with van der Waals surface area (Å²) < 4.78 is 0.148. The molecule has 1 heterocycles. The summed E-state index contributed by atoms with van der Waals surface area (Å²) in [6, 6.07) is 0.247. The van der Waals surface area contributed by atoms with E-state index in [0.717, 1.165) is 13.0 Å². The topological polar surface area (TPSA) is 46.3 Å². The van der Waals surface area contributed by atoms with Crippen molar-refractivity contribution in [3.8, 4) is 0 Å². The average Bonchev–Trinajstić information content (AvgIpc) is 2.24. The van der Waals surface area contributed by atoms with E-state index in [0.29, 0.717) is 18.2 Å². The smallest absolute Gasteiger partial charge is 0.232 e. The molecule has 4 heteroatoms. The fourth-order valence-electron chi connectivity index (χ4n) is 2.28. The summed E-state index contributed by atoms with van der Waals surface area (Å²) in [5.74, 6) is 1.37. The van der Waals surface area contributed by atoms with Crippen molar-refractivity contribution in [2.75, 3.05) is 18.8 Å². The Morgan fingerprint density at radius 2 is 2.12 bits per heavy atom. The van der Waals surface area contributed by atoms with Gasteiger partial charge in [-0.15, -0.1) is 11.8 Å². The van der Waals surface area contributed by atoms with Crippen LogP contribution in [0.5, 0.6) is 0 Å². The lowest BCUT2D eigenvalue weighted by Gasteiger charge is -2.39. The zero-order valence-corrected chi connectivity index (χ0v) is 12.3. The molecular weight excluding hydrogens is 232 g/mol. The van der Waals surface area contributed by atoms with Gasteiger partial charge in [-0.25, -0.2) is 0 Å². The molecule has 17 heavy (non-hydrogen) atoms. The number of nitrogens with zero attached hydrogens (tertiary/aromatic N) is 1. The maximum absolute atomic E-state index is 12.2. The van der Waals surface area contributed by atoms with Crippen LogP contribution in [0.15, 0.2) is 0 Å². The molecule has 1 fully saturated rings. The van der Waals surface area contributed by atoms with Crippen molar-refractivity contribution in [3.63, 3.8) is 0 Å². The van der Waals surface area contributed by atoms with Crippen LogP contribution in [-0.4, -0.2) is 40.4 Å². The molecule has 0 aromatic heterocycles. The number of amides is 1. The predicted octanol–water partition coefficient (Wildman–Crippen LogP) is 2.10. The molecule has 0 bridgehead atoms. The number of likely N-dealkylation sites (tertiary alicyclic amines) is 1. The Morgan fingerprint density at radius 1 is 1.47 bits per heavy atom. The van der Waals surface area contributed by atoms with Gasteiger partial charge in [-0.05, 0) is 18.8 Å². The minimum absolute atomic E-state index is 0.148. The highest BCUT2D eigenvalue weighted by Gasteiger charge is 2.31. The summed E-state index contributed by atoms with van der Waals surface area (Å²) in [5, 5.41) is 0. The molecule has 1 aliphatic heterocycles. The summed E-state index contributed by atoms with van der Waals surface area (Å²) in [7, 11) is 0. The molecule has 1 saturated heterocycles. The summed E-state index contributed by atoms with van der Waals surface area (Å²) >= 11 is 1.72. The van der Waals surface area contributed by atoms with Gasteiger partial charge in [-0.1, -0.05) is 27.7 Å². The van der Waals surface area contributed by atoms with Crippen LogP contribution in [0.4, 0.5) is 0 Å². The molecule has 1 amide bonds.